The van der Waals surface area contributed by atoms with E-state index in [1.165, 1.54) is 10.5 Å². The maximum atomic E-state index is 12.9. The summed E-state index contributed by atoms with van der Waals surface area (Å²) in [6.45, 7) is 4.75. The lowest BCUT2D eigenvalue weighted by Crippen LogP contribution is -2.39. The van der Waals surface area contributed by atoms with Crippen LogP contribution in [-0.4, -0.2) is 28.9 Å². The van der Waals surface area contributed by atoms with Crippen molar-refractivity contribution in [1.82, 2.24) is 5.01 Å². The number of nitrogens with zero attached hydrogens (tertiary/aromatic N) is 4. The lowest BCUT2D eigenvalue weighted by molar-refractivity contribution is -0.123. The van der Waals surface area contributed by atoms with Crippen molar-refractivity contribution < 1.29 is 9.59 Å². The van der Waals surface area contributed by atoms with Crippen molar-refractivity contribution in [3.05, 3.63) is 65.7 Å². The number of amides is 2. The molecule has 132 valence electrons. The Labute approximate surface area is 152 Å². The Morgan fingerprint density at radius 1 is 0.962 bits per heavy atom. The van der Waals surface area contributed by atoms with Crippen LogP contribution in [0.15, 0.2) is 64.9 Å². The molecule has 26 heavy (non-hydrogen) atoms. The number of fused-ring (bicyclic) bond motifs is 1. The Morgan fingerprint density at radius 2 is 1.65 bits per heavy atom. The second-order valence-corrected chi connectivity index (χ2v) is 6.94. The van der Waals surface area contributed by atoms with E-state index in [1.54, 1.807) is 29.3 Å². The summed E-state index contributed by atoms with van der Waals surface area (Å²) in [7, 11) is 0. The molecule has 0 unspecified atom stereocenters. The minimum atomic E-state index is -0.752. The molecule has 6 heteroatoms. The highest BCUT2D eigenvalue weighted by molar-refractivity contribution is 6.25. The van der Waals surface area contributed by atoms with Gasteiger partial charge in [-0.15, -0.1) is 0 Å². The highest BCUT2D eigenvalue weighted by Crippen LogP contribution is 2.32. The van der Waals surface area contributed by atoms with Crippen LogP contribution >= 0.6 is 0 Å². The molecule has 2 aliphatic rings. The summed E-state index contributed by atoms with van der Waals surface area (Å²) in [5, 5.41) is 9.78. The van der Waals surface area contributed by atoms with Crippen LogP contribution < -0.4 is 4.90 Å². The van der Waals surface area contributed by atoms with Gasteiger partial charge in [-0.1, -0.05) is 61.5 Å². The highest BCUT2D eigenvalue weighted by Gasteiger charge is 2.54. The first-order chi connectivity index (χ1) is 12.6. The van der Waals surface area contributed by atoms with Crippen LogP contribution in [0, 0.1) is 0 Å². The van der Waals surface area contributed by atoms with Gasteiger partial charge in [0.1, 0.15) is 0 Å². The number of carbonyl (C=O) groups excluding carboxylic acids is 2. The Hall–Kier alpha value is -3.02. The molecule has 0 N–H and O–H groups in total. The summed E-state index contributed by atoms with van der Waals surface area (Å²) in [6.07, 6.45) is 0. The average Bonchev–Trinajstić information content (AvgIpc) is 3.16. The first kappa shape index (κ1) is 16.4. The van der Waals surface area contributed by atoms with Crippen molar-refractivity contribution in [2.75, 3.05) is 4.90 Å². The Bertz CT molecular complexity index is 861. The molecule has 2 aromatic rings. The van der Waals surface area contributed by atoms with Crippen molar-refractivity contribution in [3.8, 4) is 0 Å². The Balaban J connectivity index is 1.55. The topological polar surface area (TPSA) is 65.3 Å². The third-order valence-electron chi connectivity index (χ3n) is 4.86. The number of imide groups is 1. The number of hydrogen-bond donors (Lipinski definition) is 0. The zero-order chi connectivity index (χ0) is 18.3. The van der Waals surface area contributed by atoms with Gasteiger partial charge in [-0.2, -0.15) is 5.11 Å². The zero-order valence-corrected chi connectivity index (χ0v) is 14.7. The first-order valence-corrected chi connectivity index (χ1v) is 8.75. The zero-order valence-electron chi connectivity index (χ0n) is 14.7. The molecule has 2 heterocycles. The number of anilines is 1. The average molecular weight is 348 g/mol. The number of rotatable bonds is 4. The summed E-state index contributed by atoms with van der Waals surface area (Å²) >= 11 is 0. The van der Waals surface area contributed by atoms with Gasteiger partial charge < -0.3 is 0 Å². The van der Waals surface area contributed by atoms with E-state index >= 15 is 0 Å². The molecule has 2 aliphatic heterocycles. The molecule has 6 nitrogen and oxygen atoms in total. The van der Waals surface area contributed by atoms with E-state index < -0.39 is 12.1 Å². The molecular formula is C20H20N4O2. The molecule has 4 rings (SSSR count). The summed E-state index contributed by atoms with van der Waals surface area (Å²) in [4.78, 5) is 26.7. The van der Waals surface area contributed by atoms with Gasteiger partial charge in [0.05, 0.1) is 12.2 Å². The van der Waals surface area contributed by atoms with Crippen LogP contribution in [0.1, 0.15) is 30.9 Å². The molecule has 0 aliphatic carbocycles. The Kier molecular flexibility index (Phi) is 4.03. The molecule has 0 saturated carbocycles. The molecular weight excluding hydrogens is 328 g/mol. The van der Waals surface area contributed by atoms with Gasteiger partial charge in [0, 0.05) is 0 Å². The summed E-state index contributed by atoms with van der Waals surface area (Å²) in [6, 6.07) is 15.8. The molecule has 0 radical (unpaired) electrons. The van der Waals surface area contributed by atoms with Crippen LogP contribution in [0.3, 0.4) is 0 Å². The largest absolute Gasteiger partial charge is 0.271 e. The number of carbonyl (C=O) groups is 2. The van der Waals surface area contributed by atoms with E-state index in [1.807, 2.05) is 18.2 Å². The third kappa shape index (κ3) is 2.67. The van der Waals surface area contributed by atoms with Gasteiger partial charge >= 0.3 is 0 Å². The van der Waals surface area contributed by atoms with Crippen molar-refractivity contribution in [2.45, 2.75) is 38.4 Å². The predicted octanol–water partition coefficient (Wildman–Crippen LogP) is 3.30. The Morgan fingerprint density at radius 3 is 2.31 bits per heavy atom. The normalized spacial score (nSPS) is 21.8. The summed E-state index contributed by atoms with van der Waals surface area (Å²) < 4.78 is 0. The van der Waals surface area contributed by atoms with Crippen LogP contribution in [0.2, 0.25) is 0 Å². The molecule has 1 saturated heterocycles. The minimum Gasteiger partial charge on any atom is -0.271 e. The van der Waals surface area contributed by atoms with Gasteiger partial charge in [0.25, 0.3) is 11.8 Å². The molecule has 2 aromatic carbocycles. The van der Waals surface area contributed by atoms with Gasteiger partial charge in [0.2, 0.25) is 0 Å². The van der Waals surface area contributed by atoms with E-state index in [0.717, 1.165) is 5.56 Å². The summed E-state index contributed by atoms with van der Waals surface area (Å²) in [5.74, 6) is -0.115. The number of hydrogen-bond acceptors (Lipinski definition) is 5. The fraction of sp³-hybridized carbons (Fsp3) is 0.300. The van der Waals surface area contributed by atoms with Crippen molar-refractivity contribution >= 4 is 17.5 Å². The van der Waals surface area contributed by atoms with Crippen LogP contribution in [0.4, 0.5) is 5.69 Å². The smallest absolute Gasteiger partial charge is 0.263 e. The van der Waals surface area contributed by atoms with E-state index in [9.17, 15) is 9.59 Å². The van der Waals surface area contributed by atoms with Crippen LogP contribution in [-0.2, 0) is 16.1 Å². The third-order valence-corrected chi connectivity index (χ3v) is 4.86. The fourth-order valence-corrected chi connectivity index (χ4v) is 3.38. The quantitative estimate of drug-likeness (QED) is 0.796. The lowest BCUT2D eigenvalue weighted by atomic mass is 10.0. The van der Waals surface area contributed by atoms with Gasteiger partial charge in [-0.25, -0.2) is 4.90 Å². The van der Waals surface area contributed by atoms with E-state index in [-0.39, 0.29) is 11.8 Å². The SMILES string of the molecule is CC(C)c1ccc(CN2N=N[C@H]3C(=O)N(c4ccccc4)C(=O)[C@@H]32)cc1. The van der Waals surface area contributed by atoms with Crippen molar-refractivity contribution in [2.24, 2.45) is 10.3 Å². The minimum absolute atomic E-state index is 0.269. The van der Waals surface area contributed by atoms with Gasteiger partial charge in [-0.05, 0) is 29.2 Å². The van der Waals surface area contributed by atoms with E-state index in [0.29, 0.717) is 18.2 Å². The van der Waals surface area contributed by atoms with Crippen molar-refractivity contribution in [3.63, 3.8) is 0 Å². The number of benzene rings is 2. The van der Waals surface area contributed by atoms with Crippen molar-refractivity contribution in [1.29, 1.82) is 0 Å². The second kappa shape index (κ2) is 6.37. The monoisotopic (exact) mass is 348 g/mol. The maximum absolute atomic E-state index is 12.9. The van der Waals surface area contributed by atoms with E-state index in [4.69, 9.17) is 0 Å². The van der Waals surface area contributed by atoms with E-state index in [2.05, 4.69) is 36.3 Å². The lowest BCUT2D eigenvalue weighted by Gasteiger charge is -2.20. The van der Waals surface area contributed by atoms with Gasteiger partial charge in [0.15, 0.2) is 12.1 Å². The second-order valence-electron chi connectivity index (χ2n) is 6.94. The molecule has 1 fully saturated rings. The predicted molar refractivity (Wildman–Crippen MR) is 97.4 cm³/mol. The molecule has 0 spiro atoms. The van der Waals surface area contributed by atoms with Gasteiger partial charge in [-0.3, -0.25) is 14.6 Å². The first-order valence-electron chi connectivity index (χ1n) is 8.75. The maximum Gasteiger partial charge on any atom is 0.263 e. The molecule has 0 bridgehead atoms. The summed E-state index contributed by atoms with van der Waals surface area (Å²) in [5.41, 5.74) is 2.87. The molecule has 2 amide bonds. The molecule has 2 atom stereocenters. The molecule has 0 aromatic heterocycles. The highest BCUT2D eigenvalue weighted by atomic mass is 16.2. The number of para-hydroxylation sites is 1. The van der Waals surface area contributed by atoms with Crippen LogP contribution in [0.5, 0.6) is 0 Å². The standard InChI is InChI=1S/C20H20N4O2/c1-13(2)15-10-8-14(9-11-15)12-23-18-17(21-22-23)19(25)24(20(18)26)16-6-4-3-5-7-16/h3-11,13,17-18H,12H2,1-2H3/t17-,18-/m1/s1. The van der Waals surface area contributed by atoms with Crippen LogP contribution in [0.25, 0.3) is 0 Å². The fourth-order valence-electron chi connectivity index (χ4n) is 3.38.